The first-order valence-electron chi connectivity index (χ1n) is 7.16. The fourth-order valence-electron chi connectivity index (χ4n) is 1.84. The van der Waals surface area contributed by atoms with Gasteiger partial charge in [0.15, 0.2) is 11.5 Å². The van der Waals surface area contributed by atoms with Crippen LogP contribution in [0, 0.1) is 0 Å². The predicted octanol–water partition coefficient (Wildman–Crippen LogP) is 0.829. The van der Waals surface area contributed by atoms with Gasteiger partial charge in [-0.1, -0.05) is 18.2 Å². The van der Waals surface area contributed by atoms with Crippen molar-refractivity contribution in [3.05, 3.63) is 54.1 Å². The Labute approximate surface area is 145 Å². The van der Waals surface area contributed by atoms with E-state index in [2.05, 4.69) is 15.2 Å². The Bertz CT molecular complexity index is 867. The average molecular weight is 363 g/mol. The number of methoxy groups -OCH3 is 1. The first-order chi connectivity index (χ1) is 11.9. The molecule has 0 heterocycles. The second kappa shape index (κ2) is 8.27. The van der Waals surface area contributed by atoms with Gasteiger partial charge >= 0.3 is 0 Å². The summed E-state index contributed by atoms with van der Waals surface area (Å²) in [5.74, 6) is -0.369. The van der Waals surface area contributed by atoms with Crippen LogP contribution in [0.3, 0.4) is 0 Å². The Morgan fingerprint density at radius 3 is 2.64 bits per heavy atom. The molecular weight excluding hydrogens is 346 g/mol. The van der Waals surface area contributed by atoms with Crippen LogP contribution in [-0.4, -0.2) is 39.3 Å². The van der Waals surface area contributed by atoms with E-state index in [0.29, 0.717) is 5.56 Å². The maximum Gasteiger partial charge on any atom is 0.255 e. The smallest absolute Gasteiger partial charge is 0.255 e. The molecule has 0 aromatic heterocycles. The zero-order chi connectivity index (χ0) is 18.3. The number of ether oxygens (including phenoxy) is 1. The number of nitrogens with zero attached hydrogens (tertiary/aromatic N) is 1. The molecule has 9 heteroatoms. The van der Waals surface area contributed by atoms with Crippen molar-refractivity contribution in [2.75, 3.05) is 13.7 Å². The topological polar surface area (TPSA) is 117 Å². The third-order valence-electron chi connectivity index (χ3n) is 3.08. The van der Waals surface area contributed by atoms with Crippen molar-refractivity contribution in [1.29, 1.82) is 0 Å². The Morgan fingerprint density at radius 2 is 1.96 bits per heavy atom. The van der Waals surface area contributed by atoms with Crippen molar-refractivity contribution in [3.63, 3.8) is 0 Å². The lowest BCUT2D eigenvalue weighted by Gasteiger charge is -2.05. The van der Waals surface area contributed by atoms with Crippen molar-refractivity contribution in [2.24, 2.45) is 5.10 Å². The van der Waals surface area contributed by atoms with Gasteiger partial charge < -0.3 is 9.84 Å². The number of hydrogen-bond donors (Lipinski definition) is 3. The largest absolute Gasteiger partial charge is 0.504 e. The van der Waals surface area contributed by atoms with E-state index in [4.69, 9.17) is 4.74 Å². The number of benzene rings is 2. The maximum absolute atomic E-state index is 12.0. The zero-order valence-electron chi connectivity index (χ0n) is 13.3. The summed E-state index contributed by atoms with van der Waals surface area (Å²) in [7, 11) is -2.34. The number of rotatable bonds is 7. The lowest BCUT2D eigenvalue weighted by molar-refractivity contribution is -0.119. The lowest BCUT2D eigenvalue weighted by atomic mass is 10.2. The third-order valence-corrected chi connectivity index (χ3v) is 4.50. The highest BCUT2D eigenvalue weighted by Crippen LogP contribution is 2.25. The lowest BCUT2D eigenvalue weighted by Crippen LogP contribution is -2.34. The quantitative estimate of drug-likeness (QED) is 0.498. The van der Waals surface area contributed by atoms with Crippen molar-refractivity contribution in [2.45, 2.75) is 4.90 Å². The summed E-state index contributed by atoms with van der Waals surface area (Å²) in [4.78, 5) is 11.7. The van der Waals surface area contributed by atoms with Crippen LogP contribution in [0.1, 0.15) is 5.56 Å². The molecule has 3 N–H and O–H groups in total. The number of aromatic hydroxyl groups is 1. The molecule has 8 nitrogen and oxygen atoms in total. The Hall–Kier alpha value is -2.91. The molecule has 1 amide bonds. The molecule has 0 saturated heterocycles. The molecule has 0 spiro atoms. The van der Waals surface area contributed by atoms with Gasteiger partial charge in [-0.2, -0.15) is 5.10 Å². The first-order valence-corrected chi connectivity index (χ1v) is 8.64. The van der Waals surface area contributed by atoms with Gasteiger partial charge in [0.25, 0.3) is 5.91 Å². The van der Waals surface area contributed by atoms with Gasteiger partial charge in [-0.15, -0.1) is 0 Å². The summed E-state index contributed by atoms with van der Waals surface area (Å²) >= 11 is 0. The fourth-order valence-corrected chi connectivity index (χ4v) is 2.84. The van der Waals surface area contributed by atoms with Crippen LogP contribution in [0.15, 0.2) is 58.5 Å². The molecule has 0 atom stereocenters. The number of phenolic OH excluding ortho intramolecular Hbond substituents is 1. The third kappa shape index (κ3) is 5.30. The molecule has 0 aliphatic heterocycles. The zero-order valence-corrected chi connectivity index (χ0v) is 14.2. The van der Waals surface area contributed by atoms with Gasteiger partial charge in [0.05, 0.1) is 24.8 Å². The first kappa shape index (κ1) is 18.4. The van der Waals surface area contributed by atoms with Crippen LogP contribution in [0.2, 0.25) is 0 Å². The Balaban J connectivity index is 1.89. The van der Waals surface area contributed by atoms with Crippen LogP contribution in [0.5, 0.6) is 11.5 Å². The molecule has 0 aliphatic rings. The van der Waals surface area contributed by atoms with E-state index in [0.717, 1.165) is 0 Å². The standard InChI is InChI=1S/C16H17N3O5S/c1-24-15-9-12(7-8-14(15)20)10-17-19-16(21)11-18-25(22,23)13-5-3-2-4-6-13/h2-10,18,20H,11H2,1H3,(H,19,21)/b17-10+. The molecule has 0 bridgehead atoms. The Kier molecular flexibility index (Phi) is 6.09. The van der Waals surface area contributed by atoms with Crippen molar-refractivity contribution in [1.82, 2.24) is 10.1 Å². The SMILES string of the molecule is COc1cc(/C=N/NC(=O)CNS(=O)(=O)c2ccccc2)ccc1O. The highest BCUT2D eigenvalue weighted by molar-refractivity contribution is 7.89. The maximum atomic E-state index is 12.0. The minimum atomic E-state index is -3.75. The highest BCUT2D eigenvalue weighted by atomic mass is 32.2. The monoisotopic (exact) mass is 363 g/mol. The van der Waals surface area contributed by atoms with E-state index >= 15 is 0 Å². The number of phenols is 1. The van der Waals surface area contributed by atoms with Crippen LogP contribution >= 0.6 is 0 Å². The normalized spacial score (nSPS) is 11.4. The molecule has 2 rings (SSSR count). The van der Waals surface area contributed by atoms with Crippen LogP contribution < -0.4 is 14.9 Å². The number of carbonyl (C=O) groups is 1. The summed E-state index contributed by atoms with van der Waals surface area (Å²) in [6, 6.07) is 12.3. The average Bonchev–Trinajstić information content (AvgIpc) is 2.62. The van der Waals surface area contributed by atoms with E-state index in [1.807, 2.05) is 0 Å². The molecule has 2 aromatic carbocycles. The van der Waals surface area contributed by atoms with Crippen LogP contribution in [0.4, 0.5) is 0 Å². The van der Waals surface area contributed by atoms with Gasteiger partial charge in [0.1, 0.15) is 0 Å². The number of hydrazone groups is 1. The van der Waals surface area contributed by atoms with Gasteiger partial charge in [-0.25, -0.2) is 18.6 Å². The molecule has 2 aromatic rings. The van der Waals surface area contributed by atoms with E-state index < -0.39 is 22.5 Å². The summed E-state index contributed by atoms with van der Waals surface area (Å²) < 4.78 is 31.1. The van der Waals surface area contributed by atoms with Gasteiger partial charge in [0, 0.05) is 0 Å². The molecule has 0 fully saturated rings. The number of sulfonamides is 1. The van der Waals surface area contributed by atoms with Gasteiger partial charge in [-0.05, 0) is 35.9 Å². The highest BCUT2D eigenvalue weighted by Gasteiger charge is 2.14. The van der Waals surface area contributed by atoms with Crippen molar-refractivity contribution >= 4 is 22.1 Å². The number of carbonyl (C=O) groups excluding carboxylic acids is 1. The molecule has 0 radical (unpaired) electrons. The van der Waals surface area contributed by atoms with Gasteiger partial charge in [-0.3, -0.25) is 4.79 Å². The number of amides is 1. The minimum absolute atomic E-state index is 0.0148. The van der Waals surface area contributed by atoms with E-state index in [1.165, 1.54) is 37.6 Å². The number of hydrogen-bond acceptors (Lipinski definition) is 6. The Morgan fingerprint density at radius 1 is 1.24 bits per heavy atom. The molecule has 0 aliphatic carbocycles. The van der Waals surface area contributed by atoms with E-state index in [1.54, 1.807) is 24.3 Å². The molecule has 0 unspecified atom stereocenters. The van der Waals surface area contributed by atoms with Crippen molar-refractivity contribution in [3.8, 4) is 11.5 Å². The molecular formula is C16H17N3O5S. The number of nitrogens with one attached hydrogen (secondary N) is 2. The van der Waals surface area contributed by atoms with Crippen molar-refractivity contribution < 1.29 is 23.1 Å². The van der Waals surface area contributed by atoms with Gasteiger partial charge in [0.2, 0.25) is 10.0 Å². The molecule has 132 valence electrons. The summed E-state index contributed by atoms with van der Waals surface area (Å²) in [6.07, 6.45) is 1.34. The second-order valence-corrected chi connectivity index (χ2v) is 6.63. The summed E-state index contributed by atoms with van der Waals surface area (Å²) in [5.41, 5.74) is 2.79. The molecule has 0 saturated carbocycles. The summed E-state index contributed by atoms with van der Waals surface area (Å²) in [5, 5.41) is 13.2. The van der Waals surface area contributed by atoms with Crippen LogP contribution in [-0.2, 0) is 14.8 Å². The predicted molar refractivity (Wildman–Crippen MR) is 92.0 cm³/mol. The van der Waals surface area contributed by atoms with E-state index in [9.17, 15) is 18.3 Å². The molecule has 25 heavy (non-hydrogen) atoms. The van der Waals surface area contributed by atoms with Crippen LogP contribution in [0.25, 0.3) is 0 Å². The fraction of sp³-hybridized carbons (Fsp3) is 0.125. The summed E-state index contributed by atoms with van der Waals surface area (Å²) in [6.45, 7) is -0.451. The minimum Gasteiger partial charge on any atom is -0.504 e. The van der Waals surface area contributed by atoms with E-state index in [-0.39, 0.29) is 16.4 Å². The second-order valence-electron chi connectivity index (χ2n) is 4.86.